The number of carbonyl (C=O) groups is 1. The van der Waals surface area contributed by atoms with Crippen LogP contribution in [0.15, 0.2) is 30.3 Å². The summed E-state index contributed by atoms with van der Waals surface area (Å²) in [6.45, 7) is 8.00. The maximum absolute atomic E-state index is 11.9. The van der Waals surface area contributed by atoms with Gasteiger partial charge in [0.1, 0.15) is 0 Å². The van der Waals surface area contributed by atoms with E-state index in [1.165, 1.54) is 0 Å². The van der Waals surface area contributed by atoms with Crippen LogP contribution in [0.25, 0.3) is 0 Å². The van der Waals surface area contributed by atoms with Crippen LogP contribution < -0.4 is 10.6 Å². The second-order valence-electron chi connectivity index (χ2n) is 5.19. The van der Waals surface area contributed by atoms with E-state index in [1.807, 2.05) is 37.3 Å². The molecule has 0 aliphatic carbocycles. The lowest BCUT2D eigenvalue weighted by Crippen LogP contribution is -2.39. The van der Waals surface area contributed by atoms with Gasteiger partial charge in [-0.25, -0.2) is 4.79 Å². The molecule has 1 unspecified atom stereocenters. The van der Waals surface area contributed by atoms with Crippen molar-refractivity contribution in [2.24, 2.45) is 5.92 Å². The van der Waals surface area contributed by atoms with Crippen LogP contribution in [0, 0.1) is 5.92 Å². The predicted molar refractivity (Wildman–Crippen MR) is 81.7 cm³/mol. The molecule has 1 rings (SSSR count). The first-order chi connectivity index (χ1) is 9.63. The summed E-state index contributed by atoms with van der Waals surface area (Å²) in [5, 5.41) is 5.85. The topological polar surface area (TPSA) is 50.4 Å². The molecule has 2 N–H and O–H groups in total. The van der Waals surface area contributed by atoms with Gasteiger partial charge in [0, 0.05) is 13.2 Å². The lowest BCUT2D eigenvalue weighted by Gasteiger charge is -2.21. The van der Waals surface area contributed by atoms with E-state index in [4.69, 9.17) is 4.74 Å². The zero-order chi connectivity index (χ0) is 14.8. The van der Waals surface area contributed by atoms with E-state index in [9.17, 15) is 4.79 Å². The molecule has 112 valence electrons. The fourth-order valence-electron chi connectivity index (χ4n) is 2.03. The van der Waals surface area contributed by atoms with E-state index in [0.717, 1.165) is 12.0 Å². The van der Waals surface area contributed by atoms with Crippen LogP contribution in [0.2, 0.25) is 0 Å². The van der Waals surface area contributed by atoms with Gasteiger partial charge in [-0.05, 0) is 24.8 Å². The third-order valence-electron chi connectivity index (χ3n) is 2.95. The Morgan fingerprint density at radius 1 is 1.25 bits per heavy atom. The summed E-state index contributed by atoms with van der Waals surface area (Å²) in [5.41, 5.74) is 1.14. The van der Waals surface area contributed by atoms with Gasteiger partial charge < -0.3 is 15.4 Å². The number of nitrogens with one attached hydrogen (secondary N) is 2. The van der Waals surface area contributed by atoms with Gasteiger partial charge in [0.05, 0.1) is 12.6 Å². The van der Waals surface area contributed by atoms with Gasteiger partial charge in [0.15, 0.2) is 0 Å². The molecule has 4 heteroatoms. The molecule has 0 saturated carbocycles. The van der Waals surface area contributed by atoms with E-state index in [0.29, 0.717) is 25.7 Å². The van der Waals surface area contributed by atoms with Crippen LogP contribution in [0.1, 0.15) is 38.8 Å². The molecule has 20 heavy (non-hydrogen) atoms. The first kappa shape index (κ1) is 16.5. The predicted octanol–water partition coefficient (Wildman–Crippen LogP) is 3.11. The Bertz CT molecular complexity index is 379. The summed E-state index contributed by atoms with van der Waals surface area (Å²) < 4.78 is 5.20. The highest BCUT2D eigenvalue weighted by Crippen LogP contribution is 2.20. The molecule has 1 aromatic rings. The number of urea groups is 1. The second kappa shape index (κ2) is 9.37. The number of ether oxygens (including phenoxy) is 1. The monoisotopic (exact) mass is 278 g/mol. The summed E-state index contributed by atoms with van der Waals surface area (Å²) in [5.74, 6) is 0.518. The van der Waals surface area contributed by atoms with Crippen LogP contribution in [0.5, 0.6) is 0 Å². The standard InChI is InChI=1S/C16H26N2O2/c1-4-20-11-10-17-16(19)18-15(12-13(2)3)14-8-6-5-7-9-14/h5-9,13,15H,4,10-12H2,1-3H3,(H2,17,18,19). The number of benzene rings is 1. The maximum atomic E-state index is 11.9. The quantitative estimate of drug-likeness (QED) is 0.718. The molecule has 0 fully saturated rings. The zero-order valence-electron chi connectivity index (χ0n) is 12.7. The molecule has 1 atom stereocenters. The molecule has 2 amide bonds. The number of amides is 2. The number of carbonyl (C=O) groups excluding carboxylic acids is 1. The van der Waals surface area contributed by atoms with Crippen LogP contribution >= 0.6 is 0 Å². The van der Waals surface area contributed by atoms with Crippen LogP contribution in [0.4, 0.5) is 4.79 Å². The summed E-state index contributed by atoms with van der Waals surface area (Å²) in [6, 6.07) is 9.98. The van der Waals surface area contributed by atoms with E-state index in [-0.39, 0.29) is 12.1 Å². The van der Waals surface area contributed by atoms with Crippen molar-refractivity contribution < 1.29 is 9.53 Å². The summed E-state index contributed by atoms with van der Waals surface area (Å²) in [7, 11) is 0. The first-order valence-electron chi connectivity index (χ1n) is 7.30. The minimum atomic E-state index is -0.140. The van der Waals surface area contributed by atoms with Crippen LogP contribution in [-0.4, -0.2) is 25.8 Å². The van der Waals surface area contributed by atoms with Crippen molar-refractivity contribution in [3.63, 3.8) is 0 Å². The SMILES string of the molecule is CCOCCNC(=O)NC(CC(C)C)c1ccccc1. The number of rotatable bonds is 8. The van der Waals surface area contributed by atoms with Gasteiger partial charge in [-0.1, -0.05) is 44.2 Å². The van der Waals surface area contributed by atoms with Crippen molar-refractivity contribution in [2.45, 2.75) is 33.2 Å². The molecule has 0 radical (unpaired) electrons. The van der Waals surface area contributed by atoms with Gasteiger partial charge in [0.2, 0.25) is 0 Å². The largest absolute Gasteiger partial charge is 0.380 e. The number of hydrogen-bond acceptors (Lipinski definition) is 2. The lowest BCUT2D eigenvalue weighted by atomic mass is 9.97. The molecular weight excluding hydrogens is 252 g/mol. The molecule has 0 aliphatic heterocycles. The molecule has 1 aromatic carbocycles. The Labute approximate surface area is 121 Å². The van der Waals surface area contributed by atoms with Gasteiger partial charge in [0.25, 0.3) is 0 Å². The summed E-state index contributed by atoms with van der Waals surface area (Å²) in [6.07, 6.45) is 0.920. The minimum Gasteiger partial charge on any atom is -0.380 e. The number of hydrogen-bond donors (Lipinski definition) is 2. The van der Waals surface area contributed by atoms with Crippen molar-refractivity contribution in [3.8, 4) is 0 Å². The average molecular weight is 278 g/mol. The molecule has 0 aliphatic rings. The Morgan fingerprint density at radius 3 is 2.55 bits per heavy atom. The molecule has 0 saturated heterocycles. The van der Waals surface area contributed by atoms with Crippen LogP contribution in [0.3, 0.4) is 0 Å². The van der Waals surface area contributed by atoms with E-state index >= 15 is 0 Å². The Balaban J connectivity index is 2.50. The maximum Gasteiger partial charge on any atom is 0.315 e. The van der Waals surface area contributed by atoms with Gasteiger partial charge in [-0.15, -0.1) is 0 Å². The Hall–Kier alpha value is -1.55. The summed E-state index contributed by atoms with van der Waals surface area (Å²) >= 11 is 0. The van der Waals surface area contributed by atoms with Gasteiger partial charge in [-0.3, -0.25) is 0 Å². The Kier molecular flexibility index (Phi) is 7.73. The zero-order valence-corrected chi connectivity index (χ0v) is 12.7. The molecule has 4 nitrogen and oxygen atoms in total. The van der Waals surface area contributed by atoms with E-state index in [2.05, 4.69) is 24.5 Å². The fourth-order valence-corrected chi connectivity index (χ4v) is 2.03. The van der Waals surface area contributed by atoms with E-state index in [1.54, 1.807) is 0 Å². The van der Waals surface area contributed by atoms with Crippen molar-refractivity contribution in [2.75, 3.05) is 19.8 Å². The first-order valence-corrected chi connectivity index (χ1v) is 7.30. The second-order valence-corrected chi connectivity index (χ2v) is 5.19. The third kappa shape index (κ3) is 6.57. The molecule has 0 spiro atoms. The minimum absolute atomic E-state index is 0.0447. The van der Waals surface area contributed by atoms with Crippen molar-refractivity contribution >= 4 is 6.03 Å². The van der Waals surface area contributed by atoms with E-state index < -0.39 is 0 Å². The normalized spacial score (nSPS) is 12.2. The van der Waals surface area contributed by atoms with Gasteiger partial charge in [-0.2, -0.15) is 0 Å². The van der Waals surface area contributed by atoms with Crippen LogP contribution in [-0.2, 0) is 4.74 Å². The van der Waals surface area contributed by atoms with Gasteiger partial charge >= 0.3 is 6.03 Å². The molecule has 0 heterocycles. The smallest absolute Gasteiger partial charge is 0.315 e. The highest BCUT2D eigenvalue weighted by Gasteiger charge is 2.15. The Morgan fingerprint density at radius 2 is 1.95 bits per heavy atom. The van der Waals surface area contributed by atoms with Crippen molar-refractivity contribution in [3.05, 3.63) is 35.9 Å². The van der Waals surface area contributed by atoms with Crippen molar-refractivity contribution in [1.82, 2.24) is 10.6 Å². The lowest BCUT2D eigenvalue weighted by molar-refractivity contribution is 0.149. The molecule has 0 aromatic heterocycles. The highest BCUT2D eigenvalue weighted by molar-refractivity contribution is 5.74. The molecular formula is C16H26N2O2. The average Bonchev–Trinajstić information content (AvgIpc) is 2.43. The highest BCUT2D eigenvalue weighted by atomic mass is 16.5. The third-order valence-corrected chi connectivity index (χ3v) is 2.95. The molecule has 0 bridgehead atoms. The summed E-state index contributed by atoms with van der Waals surface area (Å²) in [4.78, 5) is 11.9. The fraction of sp³-hybridized carbons (Fsp3) is 0.562. The van der Waals surface area contributed by atoms with Crippen molar-refractivity contribution in [1.29, 1.82) is 0 Å².